The standard InChI is InChI=1S/C12H16F2N2O/c1-8(15)4-2-7-11(17)16-12-9(13)5-3-6-10(12)14/h3,5-6,8H,2,4,7,15H2,1H3,(H,16,17). The first-order valence-corrected chi connectivity index (χ1v) is 5.50. The molecule has 1 atom stereocenters. The van der Waals surface area contributed by atoms with Gasteiger partial charge in [0.15, 0.2) is 0 Å². The zero-order valence-electron chi connectivity index (χ0n) is 9.67. The predicted molar refractivity (Wildman–Crippen MR) is 62.5 cm³/mol. The first-order chi connectivity index (χ1) is 8.00. The van der Waals surface area contributed by atoms with Crippen LogP contribution >= 0.6 is 0 Å². The Bertz CT molecular complexity index is 374. The molecule has 5 heteroatoms. The van der Waals surface area contributed by atoms with Gasteiger partial charge in [0.05, 0.1) is 0 Å². The first kappa shape index (κ1) is 13.6. The highest BCUT2D eigenvalue weighted by Gasteiger charge is 2.11. The van der Waals surface area contributed by atoms with Gasteiger partial charge in [-0.3, -0.25) is 4.79 Å². The van der Waals surface area contributed by atoms with Crippen molar-refractivity contribution in [3.05, 3.63) is 29.8 Å². The van der Waals surface area contributed by atoms with Gasteiger partial charge in [-0.15, -0.1) is 0 Å². The van der Waals surface area contributed by atoms with E-state index in [1.807, 2.05) is 6.92 Å². The summed E-state index contributed by atoms with van der Waals surface area (Å²) in [5, 5.41) is 2.22. The van der Waals surface area contributed by atoms with E-state index in [1.165, 1.54) is 6.07 Å². The van der Waals surface area contributed by atoms with Gasteiger partial charge in [-0.2, -0.15) is 0 Å². The third-order valence-corrected chi connectivity index (χ3v) is 2.29. The number of carbonyl (C=O) groups excluding carboxylic acids is 1. The Morgan fingerprint density at radius 2 is 2.00 bits per heavy atom. The lowest BCUT2D eigenvalue weighted by molar-refractivity contribution is -0.116. The molecule has 0 saturated carbocycles. The van der Waals surface area contributed by atoms with Crippen LogP contribution in [-0.2, 0) is 4.79 Å². The molecule has 17 heavy (non-hydrogen) atoms. The minimum atomic E-state index is -0.773. The van der Waals surface area contributed by atoms with E-state index in [1.54, 1.807) is 0 Å². The van der Waals surface area contributed by atoms with Crippen LogP contribution < -0.4 is 11.1 Å². The van der Waals surface area contributed by atoms with Gasteiger partial charge >= 0.3 is 0 Å². The van der Waals surface area contributed by atoms with Gasteiger partial charge in [-0.25, -0.2) is 8.78 Å². The van der Waals surface area contributed by atoms with Crippen LogP contribution in [0, 0.1) is 11.6 Å². The van der Waals surface area contributed by atoms with Crippen LogP contribution in [0.3, 0.4) is 0 Å². The van der Waals surface area contributed by atoms with Crippen LogP contribution in [0.25, 0.3) is 0 Å². The molecule has 3 nitrogen and oxygen atoms in total. The second-order valence-electron chi connectivity index (χ2n) is 4.01. The SMILES string of the molecule is CC(N)CCCC(=O)Nc1c(F)cccc1F. The molecule has 1 rings (SSSR count). The third kappa shape index (κ3) is 4.48. The maximum absolute atomic E-state index is 13.2. The van der Waals surface area contributed by atoms with Crippen molar-refractivity contribution in [2.45, 2.75) is 32.2 Å². The molecule has 0 radical (unpaired) electrons. The van der Waals surface area contributed by atoms with Crippen molar-refractivity contribution in [2.24, 2.45) is 5.73 Å². The molecule has 0 fully saturated rings. The van der Waals surface area contributed by atoms with E-state index in [0.717, 1.165) is 12.1 Å². The number of nitrogens with one attached hydrogen (secondary N) is 1. The molecule has 0 aromatic heterocycles. The maximum atomic E-state index is 13.2. The normalized spacial score (nSPS) is 12.2. The predicted octanol–water partition coefficient (Wildman–Crippen LogP) is 2.42. The Morgan fingerprint density at radius 1 is 1.41 bits per heavy atom. The van der Waals surface area contributed by atoms with Crippen LogP contribution in [0.2, 0.25) is 0 Å². The molecule has 0 bridgehead atoms. The molecule has 3 N–H and O–H groups in total. The average Bonchev–Trinajstić information content (AvgIpc) is 2.23. The van der Waals surface area contributed by atoms with E-state index in [2.05, 4.69) is 5.32 Å². The Balaban J connectivity index is 2.51. The summed E-state index contributed by atoms with van der Waals surface area (Å²) < 4.78 is 26.4. The van der Waals surface area contributed by atoms with Crippen LogP contribution in [-0.4, -0.2) is 11.9 Å². The molecule has 0 saturated heterocycles. The summed E-state index contributed by atoms with van der Waals surface area (Å²) in [4.78, 5) is 11.4. The Morgan fingerprint density at radius 3 is 2.53 bits per heavy atom. The highest BCUT2D eigenvalue weighted by molar-refractivity contribution is 5.90. The summed E-state index contributed by atoms with van der Waals surface area (Å²) in [5.41, 5.74) is 5.14. The number of amides is 1. The first-order valence-electron chi connectivity index (χ1n) is 5.50. The van der Waals surface area contributed by atoms with E-state index >= 15 is 0 Å². The molecule has 0 aliphatic rings. The quantitative estimate of drug-likeness (QED) is 0.833. The third-order valence-electron chi connectivity index (χ3n) is 2.29. The van der Waals surface area contributed by atoms with Gasteiger partial charge in [-0.1, -0.05) is 6.07 Å². The molecule has 0 heterocycles. The monoisotopic (exact) mass is 242 g/mol. The Kier molecular flexibility index (Phi) is 5.03. The molecular weight excluding hydrogens is 226 g/mol. The lowest BCUT2D eigenvalue weighted by atomic mass is 10.1. The fourth-order valence-electron chi connectivity index (χ4n) is 1.40. The van der Waals surface area contributed by atoms with Crippen molar-refractivity contribution in [1.82, 2.24) is 0 Å². The number of halogens is 2. The van der Waals surface area contributed by atoms with E-state index < -0.39 is 23.2 Å². The number of hydrogen-bond acceptors (Lipinski definition) is 2. The highest BCUT2D eigenvalue weighted by atomic mass is 19.1. The van der Waals surface area contributed by atoms with E-state index in [0.29, 0.717) is 12.8 Å². The fraction of sp³-hybridized carbons (Fsp3) is 0.417. The molecule has 1 unspecified atom stereocenters. The van der Waals surface area contributed by atoms with Crippen molar-refractivity contribution in [1.29, 1.82) is 0 Å². The smallest absolute Gasteiger partial charge is 0.224 e. The zero-order chi connectivity index (χ0) is 12.8. The van der Waals surface area contributed by atoms with E-state index in [4.69, 9.17) is 5.73 Å². The van der Waals surface area contributed by atoms with Crippen molar-refractivity contribution in [2.75, 3.05) is 5.32 Å². The summed E-state index contributed by atoms with van der Waals surface area (Å²) in [6.07, 6.45) is 1.50. The van der Waals surface area contributed by atoms with Gasteiger partial charge < -0.3 is 11.1 Å². The second-order valence-corrected chi connectivity index (χ2v) is 4.01. The number of benzene rings is 1. The molecule has 1 amide bonds. The molecular formula is C12H16F2N2O. The van der Waals surface area contributed by atoms with E-state index in [9.17, 15) is 13.6 Å². The summed E-state index contributed by atoms with van der Waals surface area (Å²) in [5.74, 6) is -1.95. The topological polar surface area (TPSA) is 55.1 Å². The molecule has 0 aliphatic heterocycles. The number of rotatable bonds is 5. The lowest BCUT2D eigenvalue weighted by Crippen LogP contribution is -2.17. The second kappa shape index (κ2) is 6.30. The molecule has 94 valence electrons. The van der Waals surface area contributed by atoms with Gasteiger partial charge in [0.1, 0.15) is 17.3 Å². The summed E-state index contributed by atoms with van der Waals surface area (Å²) >= 11 is 0. The highest BCUT2D eigenvalue weighted by Crippen LogP contribution is 2.18. The summed E-state index contributed by atoms with van der Waals surface area (Å²) in [6, 6.07) is 3.46. The minimum absolute atomic E-state index is 0.0213. The van der Waals surface area contributed by atoms with Gasteiger partial charge in [0.25, 0.3) is 0 Å². The number of carbonyl (C=O) groups is 1. The Hall–Kier alpha value is -1.49. The fourth-order valence-corrected chi connectivity index (χ4v) is 1.40. The van der Waals surface area contributed by atoms with Gasteiger partial charge in [-0.05, 0) is 31.9 Å². The van der Waals surface area contributed by atoms with Gasteiger partial charge in [0.2, 0.25) is 5.91 Å². The number of para-hydroxylation sites is 1. The zero-order valence-corrected chi connectivity index (χ0v) is 9.67. The van der Waals surface area contributed by atoms with Crippen molar-refractivity contribution in [3.63, 3.8) is 0 Å². The van der Waals surface area contributed by atoms with Crippen molar-refractivity contribution >= 4 is 11.6 Å². The summed E-state index contributed by atoms with van der Waals surface area (Å²) in [7, 11) is 0. The van der Waals surface area contributed by atoms with Crippen LogP contribution in [0.1, 0.15) is 26.2 Å². The number of nitrogens with two attached hydrogens (primary N) is 1. The molecule has 0 spiro atoms. The van der Waals surface area contributed by atoms with Gasteiger partial charge in [0, 0.05) is 12.5 Å². The summed E-state index contributed by atoms with van der Waals surface area (Å²) in [6.45, 7) is 1.84. The van der Waals surface area contributed by atoms with Crippen molar-refractivity contribution < 1.29 is 13.6 Å². The number of anilines is 1. The van der Waals surface area contributed by atoms with Crippen LogP contribution in [0.5, 0.6) is 0 Å². The van der Waals surface area contributed by atoms with E-state index in [-0.39, 0.29) is 12.5 Å². The van der Waals surface area contributed by atoms with Crippen LogP contribution in [0.4, 0.5) is 14.5 Å². The maximum Gasteiger partial charge on any atom is 0.224 e. The van der Waals surface area contributed by atoms with Crippen molar-refractivity contribution in [3.8, 4) is 0 Å². The molecule has 0 aliphatic carbocycles. The largest absolute Gasteiger partial charge is 0.328 e. The average molecular weight is 242 g/mol. The minimum Gasteiger partial charge on any atom is -0.328 e. The molecule has 1 aromatic carbocycles. The molecule has 1 aromatic rings. The van der Waals surface area contributed by atoms with Crippen LogP contribution in [0.15, 0.2) is 18.2 Å². The number of hydrogen-bond donors (Lipinski definition) is 2. The Labute approximate surface area is 99.0 Å². The lowest BCUT2D eigenvalue weighted by Gasteiger charge is -2.08.